The van der Waals surface area contributed by atoms with Crippen molar-refractivity contribution in [1.29, 1.82) is 0 Å². The van der Waals surface area contributed by atoms with E-state index in [1.807, 2.05) is 36.9 Å². The zero-order valence-corrected chi connectivity index (χ0v) is 14.6. The van der Waals surface area contributed by atoms with Crippen LogP contribution in [0.25, 0.3) is 0 Å². The van der Waals surface area contributed by atoms with Crippen molar-refractivity contribution >= 4 is 18.3 Å². The van der Waals surface area contributed by atoms with Crippen LogP contribution in [0.5, 0.6) is 11.5 Å². The number of amides is 1. The lowest BCUT2D eigenvalue weighted by Crippen LogP contribution is -2.45. The van der Waals surface area contributed by atoms with Crippen molar-refractivity contribution in [1.82, 2.24) is 10.2 Å². The van der Waals surface area contributed by atoms with Crippen LogP contribution < -0.4 is 14.8 Å². The molecule has 0 bridgehead atoms. The normalized spacial score (nSPS) is 17.9. The maximum absolute atomic E-state index is 13.0. The molecule has 2 heterocycles. The van der Waals surface area contributed by atoms with Gasteiger partial charge in [0, 0.05) is 19.6 Å². The molecule has 1 aromatic carbocycles. The maximum atomic E-state index is 13.0. The van der Waals surface area contributed by atoms with E-state index in [0.717, 1.165) is 49.7 Å². The van der Waals surface area contributed by atoms with Crippen molar-refractivity contribution in [2.45, 2.75) is 25.7 Å². The number of rotatable bonds is 2. The average Bonchev–Trinajstić information content (AvgIpc) is 2.82. The van der Waals surface area contributed by atoms with Crippen LogP contribution in [0.1, 0.15) is 25.8 Å². The molecule has 2 aliphatic heterocycles. The number of halogens is 1. The summed E-state index contributed by atoms with van der Waals surface area (Å²) in [6.45, 7) is 8.54. The Morgan fingerprint density at radius 2 is 1.87 bits per heavy atom. The van der Waals surface area contributed by atoms with Crippen LogP contribution in [0.2, 0.25) is 0 Å². The van der Waals surface area contributed by atoms with E-state index in [4.69, 9.17) is 9.47 Å². The van der Waals surface area contributed by atoms with Crippen LogP contribution >= 0.6 is 12.4 Å². The Labute approximate surface area is 143 Å². The van der Waals surface area contributed by atoms with Crippen molar-refractivity contribution in [3.8, 4) is 11.5 Å². The quantitative estimate of drug-likeness (QED) is 0.894. The maximum Gasteiger partial charge on any atom is 0.232 e. The zero-order chi connectivity index (χ0) is 15.6. The minimum Gasteiger partial charge on any atom is -0.486 e. The van der Waals surface area contributed by atoms with Crippen LogP contribution in [-0.2, 0) is 10.2 Å². The van der Waals surface area contributed by atoms with Gasteiger partial charge in [-0.25, -0.2) is 0 Å². The second kappa shape index (κ2) is 7.41. The molecule has 5 nitrogen and oxygen atoms in total. The Bertz CT molecular complexity index is 555. The Morgan fingerprint density at radius 3 is 2.65 bits per heavy atom. The van der Waals surface area contributed by atoms with Crippen molar-refractivity contribution in [3.05, 3.63) is 23.8 Å². The molecule has 1 aromatic rings. The van der Waals surface area contributed by atoms with Gasteiger partial charge in [0.25, 0.3) is 0 Å². The minimum atomic E-state index is -0.569. The van der Waals surface area contributed by atoms with Gasteiger partial charge in [-0.3, -0.25) is 4.79 Å². The molecule has 23 heavy (non-hydrogen) atoms. The number of ether oxygens (including phenoxy) is 2. The molecule has 6 heteroatoms. The predicted octanol–water partition coefficient (Wildman–Crippen LogP) is 1.98. The van der Waals surface area contributed by atoms with Gasteiger partial charge in [0.05, 0.1) is 5.41 Å². The van der Waals surface area contributed by atoms with Gasteiger partial charge < -0.3 is 19.7 Å². The first-order valence-electron chi connectivity index (χ1n) is 7.99. The van der Waals surface area contributed by atoms with Crippen LogP contribution in [0.15, 0.2) is 18.2 Å². The standard InChI is InChI=1S/C17H24N2O3.ClH/c1-17(2,16(20)19-8-3-6-18-7-9-19)13-4-5-14-15(12-13)22-11-10-21-14;/h4-5,12,18H,3,6-11H2,1-2H3;1H. The number of nitrogens with one attached hydrogen (secondary N) is 1. The van der Waals surface area contributed by atoms with Crippen molar-refractivity contribution in [2.75, 3.05) is 39.4 Å². The Morgan fingerprint density at radius 1 is 1.13 bits per heavy atom. The van der Waals surface area contributed by atoms with Crippen molar-refractivity contribution in [3.63, 3.8) is 0 Å². The number of benzene rings is 1. The summed E-state index contributed by atoms with van der Waals surface area (Å²) in [7, 11) is 0. The first-order chi connectivity index (χ1) is 10.6. The molecular formula is C17H25ClN2O3. The number of fused-ring (bicyclic) bond motifs is 1. The fourth-order valence-corrected chi connectivity index (χ4v) is 3.00. The largest absolute Gasteiger partial charge is 0.486 e. The van der Waals surface area contributed by atoms with E-state index < -0.39 is 5.41 Å². The first kappa shape index (κ1) is 17.9. The number of nitrogens with zero attached hydrogens (tertiary/aromatic N) is 1. The second-order valence-corrected chi connectivity index (χ2v) is 6.38. The number of carbonyl (C=O) groups is 1. The molecule has 0 aromatic heterocycles. The molecule has 0 spiro atoms. The zero-order valence-electron chi connectivity index (χ0n) is 13.8. The fraction of sp³-hybridized carbons (Fsp3) is 0.588. The second-order valence-electron chi connectivity index (χ2n) is 6.38. The summed E-state index contributed by atoms with van der Waals surface area (Å²) in [6, 6.07) is 5.83. The van der Waals surface area contributed by atoms with Crippen molar-refractivity contribution in [2.24, 2.45) is 0 Å². The molecule has 1 N–H and O–H groups in total. The van der Waals surface area contributed by atoms with Gasteiger partial charge in [0.1, 0.15) is 13.2 Å². The molecule has 0 unspecified atom stereocenters. The molecule has 1 amide bonds. The lowest BCUT2D eigenvalue weighted by Gasteiger charge is -2.32. The van der Waals surface area contributed by atoms with Gasteiger partial charge >= 0.3 is 0 Å². The third kappa shape index (κ3) is 3.72. The van der Waals surface area contributed by atoms with Gasteiger partial charge in [0.2, 0.25) is 5.91 Å². The van der Waals surface area contributed by atoms with Gasteiger partial charge in [-0.2, -0.15) is 0 Å². The van der Waals surface area contributed by atoms with Gasteiger partial charge in [-0.1, -0.05) is 6.07 Å². The Kier molecular flexibility index (Phi) is 5.76. The van der Waals surface area contributed by atoms with E-state index in [9.17, 15) is 4.79 Å². The Hall–Kier alpha value is -1.46. The molecule has 0 radical (unpaired) electrons. The highest BCUT2D eigenvalue weighted by Crippen LogP contribution is 2.36. The molecule has 3 rings (SSSR count). The van der Waals surface area contributed by atoms with E-state index in [2.05, 4.69) is 5.32 Å². The summed E-state index contributed by atoms with van der Waals surface area (Å²) in [5.41, 5.74) is 0.402. The third-order valence-corrected chi connectivity index (χ3v) is 4.43. The minimum absolute atomic E-state index is 0. The topological polar surface area (TPSA) is 50.8 Å². The van der Waals surface area contributed by atoms with Crippen molar-refractivity contribution < 1.29 is 14.3 Å². The predicted molar refractivity (Wildman–Crippen MR) is 91.8 cm³/mol. The highest BCUT2D eigenvalue weighted by Gasteiger charge is 2.34. The number of carbonyl (C=O) groups excluding carboxylic acids is 1. The summed E-state index contributed by atoms with van der Waals surface area (Å²) in [4.78, 5) is 14.9. The van der Waals surface area contributed by atoms with Gasteiger partial charge in [-0.05, 0) is 44.5 Å². The molecular weight excluding hydrogens is 316 g/mol. The van der Waals surface area contributed by atoms with Crippen LogP contribution in [0.3, 0.4) is 0 Å². The molecule has 0 aliphatic carbocycles. The molecule has 0 atom stereocenters. The van der Waals surface area contributed by atoms with E-state index in [0.29, 0.717) is 13.2 Å². The number of hydrogen-bond acceptors (Lipinski definition) is 4. The van der Waals surface area contributed by atoms with Crippen LogP contribution in [-0.4, -0.2) is 50.2 Å². The summed E-state index contributed by atoms with van der Waals surface area (Å²) in [5.74, 6) is 1.67. The summed E-state index contributed by atoms with van der Waals surface area (Å²) in [6.07, 6.45) is 1.00. The Balaban J connectivity index is 0.00000192. The van der Waals surface area contributed by atoms with E-state index >= 15 is 0 Å². The summed E-state index contributed by atoms with van der Waals surface area (Å²) >= 11 is 0. The monoisotopic (exact) mass is 340 g/mol. The van der Waals surface area contributed by atoms with Gasteiger partial charge in [-0.15, -0.1) is 12.4 Å². The molecule has 1 fully saturated rings. The SMILES string of the molecule is CC(C)(C(=O)N1CCCNCC1)c1ccc2c(c1)OCCO2.Cl. The van der Waals surface area contributed by atoms with Crippen LogP contribution in [0, 0.1) is 0 Å². The molecule has 128 valence electrons. The third-order valence-electron chi connectivity index (χ3n) is 4.43. The molecule has 2 aliphatic rings. The van der Waals surface area contributed by atoms with E-state index in [-0.39, 0.29) is 18.3 Å². The van der Waals surface area contributed by atoms with Crippen LogP contribution in [0.4, 0.5) is 0 Å². The average molecular weight is 341 g/mol. The first-order valence-corrected chi connectivity index (χ1v) is 7.99. The van der Waals surface area contributed by atoms with E-state index in [1.165, 1.54) is 0 Å². The highest BCUT2D eigenvalue weighted by atomic mass is 35.5. The smallest absolute Gasteiger partial charge is 0.232 e. The van der Waals surface area contributed by atoms with E-state index in [1.54, 1.807) is 0 Å². The highest BCUT2D eigenvalue weighted by molar-refractivity contribution is 5.87. The lowest BCUT2D eigenvalue weighted by molar-refractivity contribution is -0.136. The summed E-state index contributed by atoms with van der Waals surface area (Å²) < 4.78 is 11.2. The fourth-order valence-electron chi connectivity index (χ4n) is 3.00. The summed E-state index contributed by atoms with van der Waals surface area (Å²) in [5, 5.41) is 3.33. The van der Waals surface area contributed by atoms with Gasteiger partial charge in [0.15, 0.2) is 11.5 Å². The molecule has 1 saturated heterocycles. The lowest BCUT2D eigenvalue weighted by atomic mass is 9.83. The number of hydrogen-bond donors (Lipinski definition) is 1. The molecule has 0 saturated carbocycles.